The van der Waals surface area contributed by atoms with Gasteiger partial charge in [-0.2, -0.15) is 0 Å². The molecule has 0 spiro atoms. The van der Waals surface area contributed by atoms with Gasteiger partial charge >= 0.3 is 0 Å². The highest BCUT2D eigenvalue weighted by atomic mass is 32.2. The van der Waals surface area contributed by atoms with Gasteiger partial charge in [-0.05, 0) is 17.7 Å². The zero-order valence-electron chi connectivity index (χ0n) is 14.0. The fourth-order valence-corrected chi connectivity index (χ4v) is 3.10. The van der Waals surface area contributed by atoms with E-state index >= 15 is 0 Å². The van der Waals surface area contributed by atoms with Gasteiger partial charge in [-0.3, -0.25) is 4.99 Å². The molecule has 0 saturated heterocycles. The van der Waals surface area contributed by atoms with Crippen molar-refractivity contribution in [2.75, 3.05) is 32.5 Å². The molecule has 0 radical (unpaired) electrons. The third kappa shape index (κ3) is 6.26. The number of hydrogen-bond acceptors (Lipinski definition) is 3. The van der Waals surface area contributed by atoms with Crippen LogP contribution in [0.25, 0.3) is 0 Å². The summed E-state index contributed by atoms with van der Waals surface area (Å²) in [6.45, 7) is 1.58. The van der Waals surface area contributed by atoms with E-state index in [0.29, 0.717) is 6.54 Å². The maximum atomic E-state index is 9.60. The first-order chi connectivity index (χ1) is 11.8. The minimum Gasteiger partial charge on any atom is -0.396 e. The minimum atomic E-state index is 0.0587. The van der Waals surface area contributed by atoms with Gasteiger partial charge in [0.05, 0.1) is 6.61 Å². The second kappa shape index (κ2) is 10.7. The first kappa shape index (κ1) is 18.4. The molecule has 0 fully saturated rings. The molecule has 0 saturated carbocycles. The van der Waals surface area contributed by atoms with Crippen LogP contribution in [0.5, 0.6) is 0 Å². The van der Waals surface area contributed by atoms with Gasteiger partial charge in [-0.1, -0.05) is 48.5 Å². The Bertz CT molecular complexity index is 605. The van der Waals surface area contributed by atoms with E-state index in [-0.39, 0.29) is 12.5 Å². The average molecular weight is 343 g/mol. The van der Waals surface area contributed by atoms with Crippen LogP contribution in [0.3, 0.4) is 0 Å². The minimum absolute atomic E-state index is 0.0587. The number of rotatable bonds is 8. The van der Waals surface area contributed by atoms with Gasteiger partial charge in [0.15, 0.2) is 5.96 Å². The summed E-state index contributed by atoms with van der Waals surface area (Å²) in [5, 5.41) is 16.2. The highest BCUT2D eigenvalue weighted by Gasteiger charge is 2.10. The SMILES string of the molecule is CN=C(NCCSc1ccccc1)NCC(CO)c1ccccc1. The number of aliphatic hydroxyl groups excluding tert-OH is 1. The largest absolute Gasteiger partial charge is 0.396 e. The molecule has 2 aromatic rings. The Labute approximate surface area is 148 Å². The molecular weight excluding hydrogens is 318 g/mol. The summed E-state index contributed by atoms with van der Waals surface area (Å²) in [4.78, 5) is 5.51. The summed E-state index contributed by atoms with van der Waals surface area (Å²) in [5.41, 5.74) is 1.13. The van der Waals surface area contributed by atoms with E-state index in [9.17, 15) is 5.11 Å². The number of benzene rings is 2. The normalized spacial score (nSPS) is 12.7. The van der Waals surface area contributed by atoms with Crippen molar-refractivity contribution in [3.8, 4) is 0 Å². The van der Waals surface area contributed by atoms with E-state index in [4.69, 9.17) is 0 Å². The van der Waals surface area contributed by atoms with Gasteiger partial charge in [-0.15, -0.1) is 11.8 Å². The third-order valence-corrected chi connectivity index (χ3v) is 4.65. The Kier molecular flexibility index (Phi) is 8.21. The van der Waals surface area contributed by atoms with Gasteiger partial charge in [0.25, 0.3) is 0 Å². The van der Waals surface area contributed by atoms with E-state index in [1.54, 1.807) is 7.05 Å². The predicted octanol–water partition coefficient (Wildman–Crippen LogP) is 2.72. The van der Waals surface area contributed by atoms with Crippen LogP contribution in [0, 0.1) is 0 Å². The molecule has 5 heteroatoms. The van der Waals surface area contributed by atoms with Gasteiger partial charge in [0.2, 0.25) is 0 Å². The van der Waals surface area contributed by atoms with Crippen LogP contribution >= 0.6 is 11.8 Å². The molecule has 0 heterocycles. The van der Waals surface area contributed by atoms with Gasteiger partial charge in [0, 0.05) is 36.7 Å². The molecule has 0 aliphatic rings. The molecule has 128 valence electrons. The van der Waals surface area contributed by atoms with E-state index in [0.717, 1.165) is 23.8 Å². The molecule has 0 aliphatic heterocycles. The van der Waals surface area contributed by atoms with Crippen LogP contribution < -0.4 is 10.6 Å². The molecular formula is C19H25N3OS. The van der Waals surface area contributed by atoms with Crippen molar-refractivity contribution < 1.29 is 5.11 Å². The summed E-state index contributed by atoms with van der Waals surface area (Å²) in [6, 6.07) is 20.4. The van der Waals surface area contributed by atoms with E-state index in [2.05, 4.69) is 39.9 Å². The molecule has 0 aliphatic carbocycles. The van der Waals surface area contributed by atoms with Crippen molar-refractivity contribution >= 4 is 17.7 Å². The molecule has 0 amide bonds. The Balaban J connectivity index is 1.72. The first-order valence-electron chi connectivity index (χ1n) is 8.11. The molecule has 2 rings (SSSR count). The summed E-state index contributed by atoms with van der Waals surface area (Å²) in [6.07, 6.45) is 0. The van der Waals surface area contributed by atoms with Crippen LogP contribution in [-0.4, -0.2) is 43.6 Å². The molecule has 0 aromatic heterocycles. The summed E-state index contributed by atoms with van der Waals surface area (Å²) >= 11 is 1.81. The fourth-order valence-electron chi connectivity index (χ4n) is 2.31. The molecule has 0 bridgehead atoms. The van der Waals surface area contributed by atoms with E-state index < -0.39 is 0 Å². The van der Waals surface area contributed by atoms with Crippen LogP contribution in [0.15, 0.2) is 70.6 Å². The molecule has 2 aromatic carbocycles. The van der Waals surface area contributed by atoms with Gasteiger partial charge < -0.3 is 15.7 Å². The fraction of sp³-hybridized carbons (Fsp3) is 0.316. The lowest BCUT2D eigenvalue weighted by atomic mass is 10.0. The molecule has 1 atom stereocenters. The van der Waals surface area contributed by atoms with Crippen molar-refractivity contribution in [2.45, 2.75) is 10.8 Å². The van der Waals surface area contributed by atoms with Crippen molar-refractivity contribution in [2.24, 2.45) is 4.99 Å². The number of guanidine groups is 1. The van der Waals surface area contributed by atoms with Crippen molar-refractivity contribution in [1.29, 1.82) is 0 Å². The molecule has 3 N–H and O–H groups in total. The Morgan fingerprint density at radius 1 is 1.04 bits per heavy atom. The average Bonchev–Trinajstić information content (AvgIpc) is 2.65. The maximum Gasteiger partial charge on any atom is 0.191 e. The van der Waals surface area contributed by atoms with Crippen molar-refractivity contribution in [3.63, 3.8) is 0 Å². The smallest absolute Gasteiger partial charge is 0.191 e. The van der Waals surface area contributed by atoms with Crippen LogP contribution in [-0.2, 0) is 0 Å². The Hall–Kier alpha value is -1.98. The number of thioether (sulfide) groups is 1. The Morgan fingerprint density at radius 3 is 2.33 bits per heavy atom. The summed E-state index contributed by atoms with van der Waals surface area (Å²) in [7, 11) is 1.76. The highest BCUT2D eigenvalue weighted by Crippen LogP contribution is 2.16. The number of nitrogens with zero attached hydrogens (tertiary/aromatic N) is 1. The molecule has 1 unspecified atom stereocenters. The summed E-state index contributed by atoms with van der Waals surface area (Å²) < 4.78 is 0. The lowest BCUT2D eigenvalue weighted by molar-refractivity contribution is 0.265. The van der Waals surface area contributed by atoms with Crippen molar-refractivity contribution in [3.05, 3.63) is 66.2 Å². The lowest BCUT2D eigenvalue weighted by Crippen LogP contribution is -2.40. The Morgan fingerprint density at radius 2 is 1.71 bits per heavy atom. The van der Waals surface area contributed by atoms with E-state index in [1.807, 2.05) is 48.2 Å². The maximum absolute atomic E-state index is 9.60. The molecule has 24 heavy (non-hydrogen) atoms. The second-order valence-corrected chi connectivity index (χ2v) is 6.50. The first-order valence-corrected chi connectivity index (χ1v) is 9.10. The highest BCUT2D eigenvalue weighted by molar-refractivity contribution is 7.99. The predicted molar refractivity (Wildman–Crippen MR) is 103 cm³/mol. The quantitative estimate of drug-likeness (QED) is 0.299. The van der Waals surface area contributed by atoms with Gasteiger partial charge in [0.1, 0.15) is 0 Å². The standard InChI is InChI=1S/C19H25N3OS/c1-20-19(21-12-13-24-18-10-6-3-7-11-18)22-14-17(15-23)16-8-4-2-5-9-16/h2-11,17,23H,12-15H2,1H3,(H2,20,21,22). The van der Waals surface area contributed by atoms with E-state index in [1.165, 1.54) is 4.90 Å². The number of hydrogen-bond donors (Lipinski definition) is 3. The van der Waals surface area contributed by atoms with Crippen LogP contribution in [0.2, 0.25) is 0 Å². The number of aliphatic hydroxyl groups is 1. The lowest BCUT2D eigenvalue weighted by Gasteiger charge is -2.18. The van der Waals surface area contributed by atoms with Gasteiger partial charge in [-0.25, -0.2) is 0 Å². The van der Waals surface area contributed by atoms with Crippen LogP contribution in [0.1, 0.15) is 11.5 Å². The zero-order valence-corrected chi connectivity index (χ0v) is 14.8. The topological polar surface area (TPSA) is 56.7 Å². The number of nitrogens with one attached hydrogen (secondary N) is 2. The second-order valence-electron chi connectivity index (χ2n) is 5.33. The third-order valence-electron chi connectivity index (χ3n) is 3.64. The summed E-state index contributed by atoms with van der Waals surface area (Å²) in [5.74, 6) is 1.79. The van der Waals surface area contributed by atoms with Crippen LogP contribution in [0.4, 0.5) is 0 Å². The molecule has 4 nitrogen and oxygen atoms in total. The zero-order chi connectivity index (χ0) is 17.0. The van der Waals surface area contributed by atoms with Crippen molar-refractivity contribution in [1.82, 2.24) is 10.6 Å². The number of aliphatic imine (C=N–C) groups is 1. The monoisotopic (exact) mass is 343 g/mol.